The molecule has 22 heavy (non-hydrogen) atoms. The SMILES string of the molecule is CO[C@]12C[C@H]3C[C@@H]4[C@@H]5[C@H]3[C@@]1(c1ccccc1)C[C@]5(C)C(=O)[C@@H]42. The minimum Gasteiger partial charge on any atom is -0.377 e. The molecule has 0 heterocycles. The molecule has 0 radical (unpaired) electrons. The standard InChI is InChI=1S/C20H22O2/c1-18-10-19(12-6-4-3-5-7-12)14-11-8-13(15(14)18)16(17(18)21)20(19,9-11)22-2/h3-7,11,13-16H,8-10H2,1-2H3/t11-,13-,14+,15-,16-,18+,19+,20+/m1/s1. The van der Waals surface area contributed by atoms with Crippen molar-refractivity contribution in [3.8, 4) is 0 Å². The van der Waals surface area contributed by atoms with E-state index in [1.807, 2.05) is 7.11 Å². The first kappa shape index (κ1) is 12.3. The number of Topliss-reactive ketones (excluding diaryl/α,β-unsaturated/α-hetero) is 1. The largest absolute Gasteiger partial charge is 0.377 e. The summed E-state index contributed by atoms with van der Waals surface area (Å²) in [5, 5.41) is 0. The van der Waals surface area contributed by atoms with E-state index < -0.39 is 0 Å². The Morgan fingerprint density at radius 1 is 1.18 bits per heavy atom. The van der Waals surface area contributed by atoms with Gasteiger partial charge in [0.25, 0.3) is 0 Å². The van der Waals surface area contributed by atoms with E-state index in [2.05, 4.69) is 37.3 Å². The van der Waals surface area contributed by atoms with Crippen LogP contribution in [-0.4, -0.2) is 18.5 Å². The minimum atomic E-state index is -0.212. The van der Waals surface area contributed by atoms with Crippen LogP contribution in [0, 0.1) is 35.0 Å². The van der Waals surface area contributed by atoms with E-state index in [1.165, 1.54) is 12.0 Å². The van der Waals surface area contributed by atoms with Crippen LogP contribution in [0.25, 0.3) is 0 Å². The van der Waals surface area contributed by atoms with E-state index in [-0.39, 0.29) is 22.3 Å². The predicted molar refractivity (Wildman–Crippen MR) is 82.3 cm³/mol. The monoisotopic (exact) mass is 294 g/mol. The molecule has 5 aliphatic carbocycles. The van der Waals surface area contributed by atoms with Gasteiger partial charge in [0.1, 0.15) is 5.78 Å². The lowest BCUT2D eigenvalue weighted by atomic mass is 9.52. The molecule has 0 saturated heterocycles. The van der Waals surface area contributed by atoms with Gasteiger partial charge in [0, 0.05) is 17.9 Å². The quantitative estimate of drug-likeness (QED) is 0.837. The van der Waals surface area contributed by atoms with Crippen LogP contribution in [0.3, 0.4) is 0 Å². The summed E-state index contributed by atoms with van der Waals surface area (Å²) < 4.78 is 6.30. The van der Waals surface area contributed by atoms with Crippen LogP contribution in [-0.2, 0) is 14.9 Å². The molecule has 6 bridgehead atoms. The lowest BCUT2D eigenvalue weighted by molar-refractivity contribution is -0.169. The molecule has 114 valence electrons. The lowest BCUT2D eigenvalue weighted by Crippen LogP contribution is -2.63. The van der Waals surface area contributed by atoms with E-state index in [4.69, 9.17) is 4.74 Å². The van der Waals surface area contributed by atoms with Gasteiger partial charge >= 0.3 is 0 Å². The second-order valence-electron chi connectivity index (χ2n) is 8.78. The molecule has 2 heteroatoms. The fourth-order valence-electron chi connectivity index (χ4n) is 8.58. The molecule has 1 aromatic carbocycles. The summed E-state index contributed by atoms with van der Waals surface area (Å²) in [5.74, 6) is 3.39. The van der Waals surface area contributed by atoms with Crippen molar-refractivity contribution >= 4 is 5.78 Å². The predicted octanol–water partition coefficient (Wildman–Crippen LogP) is 3.20. The molecule has 0 amide bonds. The van der Waals surface area contributed by atoms with Crippen LogP contribution in [0.4, 0.5) is 0 Å². The molecule has 6 rings (SSSR count). The molecule has 5 aliphatic rings. The number of hydrogen-bond acceptors (Lipinski definition) is 2. The summed E-state index contributed by atoms with van der Waals surface area (Å²) in [6.07, 6.45) is 3.42. The maximum absolute atomic E-state index is 13.2. The topological polar surface area (TPSA) is 26.3 Å². The summed E-state index contributed by atoms with van der Waals surface area (Å²) in [4.78, 5) is 13.2. The van der Waals surface area contributed by atoms with Crippen molar-refractivity contribution in [2.75, 3.05) is 7.11 Å². The Balaban J connectivity index is 1.71. The summed E-state index contributed by atoms with van der Waals surface area (Å²) in [5.41, 5.74) is 1.25. The van der Waals surface area contributed by atoms with Gasteiger partial charge in [-0.15, -0.1) is 0 Å². The van der Waals surface area contributed by atoms with Crippen molar-refractivity contribution in [3.05, 3.63) is 35.9 Å². The van der Waals surface area contributed by atoms with Crippen molar-refractivity contribution in [2.45, 2.75) is 37.2 Å². The number of carbonyl (C=O) groups is 1. The average molecular weight is 294 g/mol. The molecule has 5 fully saturated rings. The highest BCUT2D eigenvalue weighted by Gasteiger charge is 2.90. The number of fused-ring (bicyclic) bond motifs is 1. The Kier molecular flexibility index (Phi) is 1.80. The molecule has 0 aromatic heterocycles. The van der Waals surface area contributed by atoms with Crippen molar-refractivity contribution in [1.82, 2.24) is 0 Å². The first-order valence-corrected chi connectivity index (χ1v) is 8.75. The van der Waals surface area contributed by atoms with Gasteiger partial charge in [-0.3, -0.25) is 4.79 Å². The van der Waals surface area contributed by atoms with E-state index in [0.29, 0.717) is 23.5 Å². The van der Waals surface area contributed by atoms with Gasteiger partial charge in [0.2, 0.25) is 0 Å². The normalized spacial score (nSPS) is 59.2. The van der Waals surface area contributed by atoms with Gasteiger partial charge in [-0.05, 0) is 48.5 Å². The zero-order chi connectivity index (χ0) is 14.9. The zero-order valence-corrected chi connectivity index (χ0v) is 13.2. The number of rotatable bonds is 2. The van der Waals surface area contributed by atoms with Gasteiger partial charge < -0.3 is 4.74 Å². The van der Waals surface area contributed by atoms with Gasteiger partial charge in [0.15, 0.2) is 0 Å². The lowest BCUT2D eigenvalue weighted by Gasteiger charge is -2.55. The molecule has 0 aliphatic heterocycles. The minimum absolute atomic E-state index is 0.0763. The highest BCUT2D eigenvalue weighted by molar-refractivity contribution is 5.95. The number of methoxy groups -OCH3 is 1. The molecule has 0 N–H and O–H groups in total. The molecular formula is C20H22O2. The first-order chi connectivity index (χ1) is 10.6. The molecule has 8 atom stereocenters. The highest BCUT2D eigenvalue weighted by Crippen LogP contribution is 2.87. The third-order valence-corrected chi connectivity index (χ3v) is 8.63. The van der Waals surface area contributed by atoms with E-state index >= 15 is 0 Å². The molecule has 5 saturated carbocycles. The first-order valence-electron chi connectivity index (χ1n) is 8.75. The molecule has 1 aromatic rings. The smallest absolute Gasteiger partial charge is 0.145 e. The van der Waals surface area contributed by atoms with Gasteiger partial charge in [-0.25, -0.2) is 0 Å². The van der Waals surface area contributed by atoms with Crippen molar-refractivity contribution in [1.29, 1.82) is 0 Å². The zero-order valence-electron chi connectivity index (χ0n) is 13.2. The second kappa shape index (κ2) is 3.21. The van der Waals surface area contributed by atoms with E-state index in [9.17, 15) is 4.79 Å². The van der Waals surface area contributed by atoms with Crippen molar-refractivity contribution in [3.63, 3.8) is 0 Å². The van der Waals surface area contributed by atoms with Crippen molar-refractivity contribution in [2.24, 2.45) is 35.0 Å². The number of carbonyl (C=O) groups excluding carboxylic acids is 1. The van der Waals surface area contributed by atoms with Crippen LogP contribution < -0.4 is 0 Å². The van der Waals surface area contributed by atoms with Crippen LogP contribution >= 0.6 is 0 Å². The summed E-state index contributed by atoms with van der Waals surface area (Å²) in [7, 11) is 1.87. The van der Waals surface area contributed by atoms with Crippen LogP contribution in [0.1, 0.15) is 31.7 Å². The number of ketones is 1. The second-order valence-corrected chi connectivity index (χ2v) is 8.78. The van der Waals surface area contributed by atoms with E-state index in [0.717, 1.165) is 18.8 Å². The van der Waals surface area contributed by atoms with Gasteiger partial charge in [-0.1, -0.05) is 37.3 Å². The molecule has 0 spiro atoms. The Labute approximate surface area is 131 Å². The number of ether oxygens (including phenoxy) is 1. The van der Waals surface area contributed by atoms with Crippen LogP contribution in [0.5, 0.6) is 0 Å². The Morgan fingerprint density at radius 2 is 1.95 bits per heavy atom. The van der Waals surface area contributed by atoms with Gasteiger partial charge in [-0.2, -0.15) is 0 Å². The summed E-state index contributed by atoms with van der Waals surface area (Å²) in [6.45, 7) is 2.28. The third kappa shape index (κ3) is 0.854. The fraction of sp³-hybridized carbons (Fsp3) is 0.650. The van der Waals surface area contributed by atoms with E-state index in [1.54, 1.807) is 0 Å². The summed E-state index contributed by atoms with van der Waals surface area (Å²) in [6, 6.07) is 11.0. The van der Waals surface area contributed by atoms with Gasteiger partial charge in [0.05, 0.1) is 11.5 Å². The molecule has 2 nitrogen and oxygen atoms in total. The maximum Gasteiger partial charge on any atom is 0.145 e. The Bertz CT molecular complexity index is 712. The third-order valence-electron chi connectivity index (χ3n) is 8.63. The number of hydrogen-bond donors (Lipinski definition) is 0. The fourth-order valence-corrected chi connectivity index (χ4v) is 8.58. The summed E-state index contributed by atoms with van der Waals surface area (Å²) >= 11 is 0. The maximum atomic E-state index is 13.2. The highest BCUT2D eigenvalue weighted by atomic mass is 16.5. The number of benzene rings is 1. The Morgan fingerprint density at radius 3 is 2.68 bits per heavy atom. The average Bonchev–Trinajstić information content (AvgIpc) is 3.12. The van der Waals surface area contributed by atoms with Crippen LogP contribution in [0.15, 0.2) is 30.3 Å². The van der Waals surface area contributed by atoms with Crippen LogP contribution in [0.2, 0.25) is 0 Å². The molecule has 0 unspecified atom stereocenters. The van der Waals surface area contributed by atoms with Crippen molar-refractivity contribution < 1.29 is 9.53 Å². The molecular weight excluding hydrogens is 272 g/mol. The Hall–Kier alpha value is -1.15.